The molecular weight excluding hydrogens is 386 g/mol. The van der Waals surface area contributed by atoms with Gasteiger partial charge in [0, 0.05) is 23.3 Å². The Kier molecular flexibility index (Phi) is 6.08. The van der Waals surface area contributed by atoms with Gasteiger partial charge in [-0.2, -0.15) is 0 Å². The summed E-state index contributed by atoms with van der Waals surface area (Å²) in [5.74, 6) is -0.947. The zero-order chi connectivity index (χ0) is 20.2. The van der Waals surface area contributed by atoms with Crippen LogP contribution < -0.4 is 5.73 Å². The Morgan fingerprint density at radius 1 is 1.24 bits per heavy atom. The number of rotatable bonds is 7. The molecule has 3 aromatic rings. The maximum Gasteiger partial charge on any atom is 0.337 e. The molecule has 1 aromatic carbocycles. The van der Waals surface area contributed by atoms with Crippen molar-refractivity contribution in [2.45, 2.75) is 25.4 Å². The van der Waals surface area contributed by atoms with E-state index >= 15 is 0 Å². The number of aromatic carboxylic acids is 1. The summed E-state index contributed by atoms with van der Waals surface area (Å²) in [6.45, 7) is 3.75. The summed E-state index contributed by atoms with van der Waals surface area (Å²) in [7, 11) is 0. The van der Waals surface area contributed by atoms with Crippen LogP contribution in [0.5, 0.6) is 0 Å². The van der Waals surface area contributed by atoms with Crippen molar-refractivity contribution < 1.29 is 14.6 Å². The third kappa shape index (κ3) is 4.58. The van der Waals surface area contributed by atoms with Crippen molar-refractivity contribution >= 4 is 33.2 Å². The minimum Gasteiger partial charge on any atom is -0.478 e. The fourth-order valence-electron chi connectivity index (χ4n) is 3.80. The van der Waals surface area contributed by atoms with E-state index in [2.05, 4.69) is 9.88 Å². The molecule has 4 rings (SSSR count). The highest BCUT2D eigenvalue weighted by Crippen LogP contribution is 2.36. The number of anilines is 1. The van der Waals surface area contributed by atoms with Crippen molar-refractivity contribution in [3.05, 3.63) is 58.6 Å². The van der Waals surface area contributed by atoms with Crippen molar-refractivity contribution in [1.82, 2.24) is 9.88 Å². The molecule has 0 saturated carbocycles. The molecule has 0 radical (unpaired) electrons. The van der Waals surface area contributed by atoms with E-state index in [-0.39, 0.29) is 11.7 Å². The molecule has 0 aliphatic carbocycles. The van der Waals surface area contributed by atoms with Gasteiger partial charge in [-0.1, -0.05) is 18.6 Å². The van der Waals surface area contributed by atoms with E-state index in [0.29, 0.717) is 22.5 Å². The summed E-state index contributed by atoms with van der Waals surface area (Å²) in [5, 5.41) is 9.50. The third-order valence-corrected chi connectivity index (χ3v) is 6.47. The topological polar surface area (TPSA) is 88.7 Å². The van der Waals surface area contributed by atoms with Crippen LogP contribution >= 0.6 is 11.3 Å². The molecule has 1 atom stereocenters. The summed E-state index contributed by atoms with van der Waals surface area (Å²) in [4.78, 5) is 19.3. The van der Waals surface area contributed by atoms with Crippen molar-refractivity contribution in [1.29, 1.82) is 0 Å². The van der Waals surface area contributed by atoms with Crippen LogP contribution in [-0.4, -0.2) is 47.2 Å². The molecule has 0 amide bonds. The molecule has 1 saturated heterocycles. The number of pyridine rings is 1. The lowest BCUT2D eigenvalue weighted by Crippen LogP contribution is -2.33. The lowest BCUT2D eigenvalue weighted by atomic mass is 10.1. The first kappa shape index (κ1) is 19.8. The van der Waals surface area contributed by atoms with Gasteiger partial charge in [-0.25, -0.2) is 4.79 Å². The third-order valence-electron chi connectivity index (χ3n) is 5.27. The van der Waals surface area contributed by atoms with Crippen LogP contribution in [0.25, 0.3) is 10.2 Å². The number of carbonyl (C=O) groups is 1. The minimum atomic E-state index is -0.947. The van der Waals surface area contributed by atoms with Crippen LogP contribution in [0.2, 0.25) is 0 Å². The number of aromatic nitrogens is 1. The van der Waals surface area contributed by atoms with Crippen LogP contribution in [0.1, 0.15) is 46.2 Å². The standard InChI is InChI=1S/C22H25N3O3S/c23-16-6-4-5-15(13-16)20(28-12-11-25-9-2-1-3-10-25)19-14-18-21(29-19)17(22(26)27)7-8-24-18/h4-8,13-14,20H,1-3,9-12,23H2,(H,26,27)/t20-/m1/s1. The lowest BCUT2D eigenvalue weighted by molar-refractivity contribution is 0.0576. The Hall–Kier alpha value is -2.48. The van der Waals surface area contributed by atoms with Crippen LogP contribution in [0.15, 0.2) is 42.6 Å². The highest BCUT2D eigenvalue weighted by Gasteiger charge is 2.21. The predicted octanol–water partition coefficient (Wildman–Crippen LogP) is 4.17. The summed E-state index contributed by atoms with van der Waals surface area (Å²) in [6.07, 6.45) is 5.04. The van der Waals surface area contributed by atoms with E-state index in [1.165, 1.54) is 42.9 Å². The maximum absolute atomic E-state index is 11.6. The Balaban J connectivity index is 1.62. The Morgan fingerprint density at radius 2 is 2.07 bits per heavy atom. The number of nitrogens with zero attached hydrogens (tertiary/aromatic N) is 2. The minimum absolute atomic E-state index is 0.269. The van der Waals surface area contributed by atoms with Gasteiger partial charge >= 0.3 is 5.97 Å². The van der Waals surface area contributed by atoms with Gasteiger partial charge in [0.1, 0.15) is 6.10 Å². The molecule has 0 bridgehead atoms. The van der Waals surface area contributed by atoms with Crippen LogP contribution in [0.4, 0.5) is 5.69 Å². The Morgan fingerprint density at radius 3 is 2.83 bits per heavy atom. The first-order valence-electron chi connectivity index (χ1n) is 9.93. The summed E-state index contributed by atoms with van der Waals surface area (Å²) >= 11 is 1.42. The number of nitrogens with two attached hydrogens (primary N) is 1. The quantitative estimate of drug-likeness (QED) is 0.567. The van der Waals surface area contributed by atoms with Crippen molar-refractivity contribution in [2.75, 3.05) is 32.0 Å². The molecule has 0 spiro atoms. The van der Waals surface area contributed by atoms with Crippen molar-refractivity contribution in [2.24, 2.45) is 0 Å². The second kappa shape index (κ2) is 8.90. The summed E-state index contributed by atoms with van der Waals surface area (Å²) in [5.41, 5.74) is 8.60. The average Bonchev–Trinajstić information content (AvgIpc) is 3.15. The number of fused-ring (bicyclic) bond motifs is 1. The molecular formula is C22H25N3O3S. The number of likely N-dealkylation sites (tertiary alicyclic amines) is 1. The summed E-state index contributed by atoms with van der Waals surface area (Å²) < 4.78 is 7.01. The largest absolute Gasteiger partial charge is 0.478 e. The molecule has 152 valence electrons. The highest BCUT2D eigenvalue weighted by atomic mass is 32.1. The maximum atomic E-state index is 11.6. The van der Waals surface area contributed by atoms with Gasteiger partial charge in [0.25, 0.3) is 0 Å². The lowest BCUT2D eigenvalue weighted by Gasteiger charge is -2.27. The molecule has 2 aromatic heterocycles. The fourth-order valence-corrected chi connectivity index (χ4v) is 5.00. The fraction of sp³-hybridized carbons (Fsp3) is 0.364. The van der Waals surface area contributed by atoms with Crippen LogP contribution in [0, 0.1) is 0 Å². The van der Waals surface area contributed by atoms with Gasteiger partial charge < -0.3 is 20.5 Å². The van der Waals surface area contributed by atoms with Gasteiger partial charge in [-0.05, 0) is 55.8 Å². The molecule has 6 nitrogen and oxygen atoms in total. The Bertz CT molecular complexity index is 998. The SMILES string of the molecule is Nc1cccc([C@@H](OCCN2CCCCC2)c2cc3nccc(C(=O)O)c3s2)c1. The molecule has 1 fully saturated rings. The van der Waals surface area contributed by atoms with E-state index in [0.717, 1.165) is 30.1 Å². The van der Waals surface area contributed by atoms with E-state index in [4.69, 9.17) is 10.5 Å². The van der Waals surface area contributed by atoms with Gasteiger partial charge in [-0.15, -0.1) is 11.3 Å². The zero-order valence-corrected chi connectivity index (χ0v) is 17.0. The van der Waals surface area contributed by atoms with Gasteiger partial charge in [0.2, 0.25) is 0 Å². The smallest absolute Gasteiger partial charge is 0.337 e. The molecule has 1 aliphatic rings. The molecule has 29 heavy (non-hydrogen) atoms. The van der Waals surface area contributed by atoms with E-state index in [9.17, 15) is 9.90 Å². The molecule has 3 N–H and O–H groups in total. The molecule has 1 aliphatic heterocycles. The van der Waals surface area contributed by atoms with Gasteiger partial charge in [0.05, 0.1) is 22.4 Å². The Labute approximate surface area is 173 Å². The second-order valence-electron chi connectivity index (χ2n) is 7.35. The average molecular weight is 412 g/mol. The van der Waals surface area contributed by atoms with E-state index in [1.807, 2.05) is 30.3 Å². The first-order chi connectivity index (χ1) is 14.1. The number of carboxylic acids is 1. The highest BCUT2D eigenvalue weighted by molar-refractivity contribution is 7.19. The zero-order valence-electron chi connectivity index (χ0n) is 16.2. The van der Waals surface area contributed by atoms with Crippen LogP contribution in [-0.2, 0) is 4.74 Å². The number of thiophene rings is 1. The number of hydrogen-bond acceptors (Lipinski definition) is 6. The summed E-state index contributed by atoms with van der Waals surface area (Å²) in [6, 6.07) is 11.2. The second-order valence-corrected chi connectivity index (χ2v) is 8.43. The molecule has 7 heteroatoms. The number of carboxylic acid groups (broad SMARTS) is 1. The van der Waals surface area contributed by atoms with E-state index in [1.54, 1.807) is 0 Å². The van der Waals surface area contributed by atoms with Gasteiger partial charge in [0.15, 0.2) is 0 Å². The number of ether oxygens (including phenoxy) is 1. The van der Waals surface area contributed by atoms with Gasteiger partial charge in [-0.3, -0.25) is 4.98 Å². The molecule has 3 heterocycles. The number of nitrogen functional groups attached to an aromatic ring is 1. The normalized spacial score (nSPS) is 16.1. The van der Waals surface area contributed by atoms with Crippen molar-refractivity contribution in [3.63, 3.8) is 0 Å². The van der Waals surface area contributed by atoms with Crippen molar-refractivity contribution in [3.8, 4) is 0 Å². The van der Waals surface area contributed by atoms with E-state index < -0.39 is 5.97 Å². The van der Waals surface area contributed by atoms with Crippen LogP contribution in [0.3, 0.4) is 0 Å². The number of hydrogen-bond donors (Lipinski definition) is 2. The number of benzene rings is 1. The predicted molar refractivity (Wildman–Crippen MR) is 116 cm³/mol. The molecule has 0 unspecified atom stereocenters. The monoisotopic (exact) mass is 411 g/mol. The first-order valence-corrected chi connectivity index (χ1v) is 10.7. The number of piperidine rings is 1.